The lowest BCUT2D eigenvalue weighted by atomic mass is 10.2. The van der Waals surface area contributed by atoms with Crippen molar-refractivity contribution in [2.24, 2.45) is 0 Å². The van der Waals surface area contributed by atoms with Gasteiger partial charge in [0.05, 0.1) is 12.5 Å². The van der Waals surface area contributed by atoms with E-state index in [0.717, 1.165) is 14.2 Å². The summed E-state index contributed by atoms with van der Waals surface area (Å²) in [6, 6.07) is 0. The molecule has 0 amide bonds. The van der Waals surface area contributed by atoms with Crippen molar-refractivity contribution in [2.75, 3.05) is 14.2 Å². The first kappa shape index (κ1) is 23.8. The Labute approximate surface area is 95.1 Å². The van der Waals surface area contributed by atoms with E-state index in [1.54, 1.807) is 0 Å². The van der Waals surface area contributed by atoms with E-state index in [2.05, 4.69) is 31.7 Å². The number of unbranched alkanes of at least 4 members (excludes halogenated alkanes) is 3. The third-order valence-electron chi connectivity index (χ3n) is 1.15. The van der Waals surface area contributed by atoms with Crippen LogP contribution in [-0.4, -0.2) is 24.4 Å². The fraction of sp³-hybridized carbons (Fsp3) is 0.667. The van der Waals surface area contributed by atoms with Crippen LogP contribution in [0, 0.1) is 0 Å². The summed E-state index contributed by atoms with van der Waals surface area (Å²) in [7, 11) is 2.00. The van der Waals surface area contributed by atoms with Crippen LogP contribution in [0.2, 0.25) is 0 Å². The molecule has 0 radical (unpaired) electrons. The second kappa shape index (κ2) is 51.1. The van der Waals surface area contributed by atoms with E-state index >= 15 is 0 Å². The fourth-order valence-electron chi connectivity index (χ4n) is 0.568. The summed E-state index contributed by atoms with van der Waals surface area (Å²) < 4.78 is 4.36. The van der Waals surface area contributed by atoms with Gasteiger partial charge in [0.1, 0.15) is 0 Å². The molecule has 3 heteroatoms. The number of rotatable bonds is 5. The summed E-state index contributed by atoms with van der Waals surface area (Å²) in [4.78, 5) is 0. The maximum absolute atomic E-state index is 7.00. The molecule has 0 atom stereocenters. The molecule has 0 spiro atoms. The summed E-state index contributed by atoms with van der Waals surface area (Å²) in [6.45, 7) is 11.0. The van der Waals surface area contributed by atoms with Gasteiger partial charge in [0.15, 0.2) is 0 Å². The van der Waals surface area contributed by atoms with E-state index in [4.69, 9.17) is 10.2 Å². The minimum Gasteiger partial charge on any atom is -0.474 e. The first-order valence-corrected chi connectivity index (χ1v) is 5.10. The molecule has 0 aliphatic heterocycles. The summed E-state index contributed by atoms with van der Waals surface area (Å²) in [5, 5.41) is 14.0. The number of ether oxygens (including phenoxy) is 1. The van der Waals surface area contributed by atoms with Crippen molar-refractivity contribution in [3.63, 3.8) is 0 Å². The topological polar surface area (TPSA) is 49.7 Å². The predicted molar refractivity (Wildman–Crippen MR) is 67.6 cm³/mol. The zero-order valence-corrected chi connectivity index (χ0v) is 10.7. The molecule has 0 aromatic carbocycles. The SMILES string of the molecule is C=COC=C.CCCCCC.CO.CO. The van der Waals surface area contributed by atoms with Crippen molar-refractivity contribution < 1.29 is 14.9 Å². The number of aliphatic hydroxyl groups is 2. The van der Waals surface area contributed by atoms with E-state index in [1.165, 1.54) is 38.2 Å². The second-order valence-electron chi connectivity index (χ2n) is 2.18. The highest BCUT2D eigenvalue weighted by molar-refractivity contribution is 4.57. The molecule has 0 aromatic rings. The Morgan fingerprint density at radius 2 is 1.13 bits per heavy atom. The Balaban J connectivity index is -0.0000000610. The molecular weight excluding hydrogens is 192 g/mol. The molecule has 94 valence electrons. The minimum atomic E-state index is 1.00. The number of hydrogen-bond donors (Lipinski definition) is 2. The molecular formula is C12H28O3. The molecule has 0 aliphatic carbocycles. The van der Waals surface area contributed by atoms with Crippen molar-refractivity contribution >= 4 is 0 Å². The summed E-state index contributed by atoms with van der Waals surface area (Å²) >= 11 is 0. The number of aliphatic hydroxyl groups excluding tert-OH is 2. The van der Waals surface area contributed by atoms with Gasteiger partial charge in [0.25, 0.3) is 0 Å². The average molecular weight is 220 g/mol. The monoisotopic (exact) mass is 220 g/mol. The van der Waals surface area contributed by atoms with Crippen LogP contribution in [0.4, 0.5) is 0 Å². The lowest BCUT2D eigenvalue weighted by Gasteiger charge is -1.86. The van der Waals surface area contributed by atoms with Crippen molar-refractivity contribution in [3.05, 3.63) is 25.7 Å². The van der Waals surface area contributed by atoms with Gasteiger partial charge < -0.3 is 14.9 Å². The molecule has 0 saturated carbocycles. The third kappa shape index (κ3) is 93.9. The van der Waals surface area contributed by atoms with E-state index in [9.17, 15) is 0 Å². The van der Waals surface area contributed by atoms with Crippen molar-refractivity contribution in [3.8, 4) is 0 Å². The van der Waals surface area contributed by atoms with Gasteiger partial charge in [-0.2, -0.15) is 0 Å². The smallest absolute Gasteiger partial charge is 0.0829 e. The zero-order valence-electron chi connectivity index (χ0n) is 10.7. The van der Waals surface area contributed by atoms with Crippen molar-refractivity contribution in [1.29, 1.82) is 0 Å². The fourth-order valence-corrected chi connectivity index (χ4v) is 0.568. The van der Waals surface area contributed by atoms with Gasteiger partial charge in [-0.3, -0.25) is 0 Å². The molecule has 0 saturated heterocycles. The van der Waals surface area contributed by atoms with Crippen LogP contribution in [0.3, 0.4) is 0 Å². The minimum absolute atomic E-state index is 1.00. The quantitative estimate of drug-likeness (QED) is 0.553. The van der Waals surface area contributed by atoms with Gasteiger partial charge in [-0.15, -0.1) is 0 Å². The lowest BCUT2D eigenvalue weighted by Crippen LogP contribution is -1.66. The Bertz CT molecular complexity index is 72.9. The van der Waals surface area contributed by atoms with Gasteiger partial charge in [-0.25, -0.2) is 0 Å². The number of hydrogen-bond acceptors (Lipinski definition) is 3. The van der Waals surface area contributed by atoms with Crippen LogP contribution >= 0.6 is 0 Å². The second-order valence-corrected chi connectivity index (χ2v) is 2.18. The normalized spacial score (nSPS) is 6.27. The molecule has 0 heterocycles. The maximum atomic E-state index is 7.00. The molecule has 2 N–H and O–H groups in total. The van der Waals surface area contributed by atoms with Crippen LogP contribution in [0.1, 0.15) is 39.5 Å². The Hall–Kier alpha value is -0.800. The highest BCUT2D eigenvalue weighted by atomic mass is 16.5. The Morgan fingerprint density at radius 3 is 1.20 bits per heavy atom. The Kier molecular flexibility index (Phi) is 81.0. The molecule has 0 rings (SSSR count). The van der Waals surface area contributed by atoms with E-state index in [-0.39, 0.29) is 0 Å². The average Bonchev–Trinajstić information content (AvgIpc) is 2.33. The zero-order chi connectivity index (χ0) is 12.9. The van der Waals surface area contributed by atoms with Gasteiger partial charge >= 0.3 is 0 Å². The molecule has 3 nitrogen and oxygen atoms in total. The molecule has 0 unspecified atom stereocenters. The van der Waals surface area contributed by atoms with Crippen LogP contribution in [-0.2, 0) is 4.74 Å². The van der Waals surface area contributed by atoms with Gasteiger partial charge in [-0.1, -0.05) is 52.7 Å². The molecule has 15 heavy (non-hydrogen) atoms. The standard InChI is InChI=1S/C6H14.C4H6O.2CH4O/c1-3-5-6-4-2;1-3-5-4-2;2*1-2/h3-6H2,1-2H3;3-4H,1-2H2;2*2H,1H3. The van der Waals surface area contributed by atoms with Crippen LogP contribution in [0.15, 0.2) is 25.7 Å². The summed E-state index contributed by atoms with van der Waals surface area (Å²) in [6.07, 6.45) is 8.16. The van der Waals surface area contributed by atoms with E-state index < -0.39 is 0 Å². The van der Waals surface area contributed by atoms with Crippen LogP contribution < -0.4 is 0 Å². The van der Waals surface area contributed by atoms with Crippen molar-refractivity contribution in [1.82, 2.24) is 0 Å². The predicted octanol–water partition coefficient (Wildman–Crippen LogP) is 3.09. The van der Waals surface area contributed by atoms with E-state index in [0.29, 0.717) is 0 Å². The first-order chi connectivity index (χ1) is 7.33. The van der Waals surface area contributed by atoms with Crippen molar-refractivity contribution in [2.45, 2.75) is 39.5 Å². The highest BCUT2D eigenvalue weighted by Crippen LogP contribution is 1.95. The largest absolute Gasteiger partial charge is 0.474 e. The third-order valence-corrected chi connectivity index (χ3v) is 1.15. The maximum Gasteiger partial charge on any atom is 0.0829 e. The lowest BCUT2D eigenvalue weighted by molar-refractivity contribution is 0.399. The van der Waals surface area contributed by atoms with Gasteiger partial charge in [0.2, 0.25) is 0 Å². The molecule has 0 fully saturated rings. The van der Waals surface area contributed by atoms with Crippen LogP contribution in [0.25, 0.3) is 0 Å². The summed E-state index contributed by atoms with van der Waals surface area (Å²) in [5.74, 6) is 0. The Morgan fingerprint density at radius 1 is 0.867 bits per heavy atom. The first-order valence-electron chi connectivity index (χ1n) is 5.10. The summed E-state index contributed by atoms with van der Waals surface area (Å²) in [5.41, 5.74) is 0. The van der Waals surface area contributed by atoms with Crippen LogP contribution in [0.5, 0.6) is 0 Å². The van der Waals surface area contributed by atoms with Gasteiger partial charge in [0, 0.05) is 14.2 Å². The molecule has 0 bridgehead atoms. The molecule has 0 aliphatic rings. The van der Waals surface area contributed by atoms with Gasteiger partial charge in [-0.05, 0) is 0 Å². The highest BCUT2D eigenvalue weighted by Gasteiger charge is 1.75. The molecule has 0 aromatic heterocycles. The van der Waals surface area contributed by atoms with E-state index in [1.807, 2.05) is 0 Å².